The lowest BCUT2D eigenvalue weighted by molar-refractivity contribution is 0.453. The molecule has 0 fully saturated rings. The van der Waals surface area contributed by atoms with E-state index in [4.69, 9.17) is 0 Å². The third-order valence-electron chi connectivity index (χ3n) is 5.39. The van der Waals surface area contributed by atoms with E-state index < -0.39 is 0 Å². The molecule has 1 aromatic carbocycles. The van der Waals surface area contributed by atoms with Gasteiger partial charge in [-0.2, -0.15) is 0 Å². The van der Waals surface area contributed by atoms with Gasteiger partial charge in [0, 0.05) is 9.75 Å². The largest absolute Gasteiger partial charge is 0.140 e. The fourth-order valence-electron chi connectivity index (χ4n) is 3.57. The zero-order valence-electron chi connectivity index (χ0n) is 16.9. The van der Waals surface area contributed by atoms with Gasteiger partial charge in [0.05, 0.1) is 0 Å². The summed E-state index contributed by atoms with van der Waals surface area (Å²) in [5.41, 5.74) is 3.16. The molecular weight excluding hydrogens is 320 g/mol. The minimum Gasteiger partial charge on any atom is -0.140 e. The van der Waals surface area contributed by atoms with Crippen molar-refractivity contribution in [3.63, 3.8) is 0 Å². The highest BCUT2D eigenvalue weighted by Gasteiger charge is 2.22. The zero-order valence-corrected chi connectivity index (χ0v) is 17.7. The molecule has 0 nitrogen and oxygen atoms in total. The van der Waals surface area contributed by atoms with E-state index in [-0.39, 0.29) is 0 Å². The van der Waals surface area contributed by atoms with Gasteiger partial charge in [-0.3, -0.25) is 0 Å². The lowest BCUT2D eigenvalue weighted by Gasteiger charge is -2.23. The van der Waals surface area contributed by atoms with Gasteiger partial charge in [0.2, 0.25) is 0 Å². The van der Waals surface area contributed by atoms with Crippen LogP contribution < -0.4 is 0 Å². The van der Waals surface area contributed by atoms with Gasteiger partial charge in [0.25, 0.3) is 0 Å². The molecule has 0 spiro atoms. The predicted octanol–water partition coefficient (Wildman–Crippen LogP) is 8.57. The highest BCUT2D eigenvalue weighted by atomic mass is 32.1. The molecule has 2 aromatic rings. The highest BCUT2D eigenvalue weighted by Crippen LogP contribution is 2.38. The molecule has 1 heterocycles. The second kappa shape index (κ2) is 9.57. The monoisotopic (exact) mass is 356 g/mol. The Hall–Kier alpha value is -1.08. The van der Waals surface area contributed by atoms with Crippen molar-refractivity contribution in [3.05, 3.63) is 46.8 Å². The lowest BCUT2D eigenvalue weighted by Crippen LogP contribution is -2.14. The molecule has 1 heteroatoms. The van der Waals surface area contributed by atoms with Crippen LogP contribution in [-0.4, -0.2) is 0 Å². The zero-order chi connectivity index (χ0) is 18.3. The molecule has 2 rings (SSSR count). The maximum absolute atomic E-state index is 2.41. The average molecular weight is 357 g/mol. The Morgan fingerprint density at radius 1 is 0.960 bits per heavy atom. The van der Waals surface area contributed by atoms with Gasteiger partial charge in [0.15, 0.2) is 0 Å². The first kappa shape index (κ1) is 20.2. The van der Waals surface area contributed by atoms with Crippen LogP contribution in [0, 0.1) is 0 Å². The Morgan fingerprint density at radius 3 is 2.48 bits per heavy atom. The van der Waals surface area contributed by atoms with Crippen LogP contribution in [0.3, 0.4) is 0 Å². The Kier molecular flexibility index (Phi) is 7.75. The van der Waals surface area contributed by atoms with E-state index >= 15 is 0 Å². The molecule has 0 N–H and O–H groups in total. The molecule has 1 unspecified atom stereocenters. The summed E-state index contributed by atoms with van der Waals surface area (Å²) < 4.78 is 0. The van der Waals surface area contributed by atoms with E-state index in [1.165, 1.54) is 65.8 Å². The van der Waals surface area contributed by atoms with Crippen LogP contribution in [0.25, 0.3) is 10.4 Å². The van der Waals surface area contributed by atoms with Crippen LogP contribution in [0.15, 0.2) is 36.4 Å². The van der Waals surface area contributed by atoms with Gasteiger partial charge >= 0.3 is 0 Å². The minimum atomic E-state index is 0.295. The fraction of sp³-hybridized carbons (Fsp3) is 0.583. The van der Waals surface area contributed by atoms with Crippen LogP contribution in [0.5, 0.6) is 0 Å². The molecule has 1 atom stereocenters. The van der Waals surface area contributed by atoms with Crippen molar-refractivity contribution in [3.8, 4) is 10.4 Å². The van der Waals surface area contributed by atoms with Crippen molar-refractivity contribution < 1.29 is 0 Å². The van der Waals surface area contributed by atoms with Crippen molar-refractivity contribution in [2.45, 2.75) is 90.9 Å². The molecule has 25 heavy (non-hydrogen) atoms. The Morgan fingerprint density at radius 2 is 1.76 bits per heavy atom. The Bertz CT molecular complexity index is 635. The van der Waals surface area contributed by atoms with E-state index in [0.717, 1.165) is 0 Å². The highest BCUT2D eigenvalue weighted by molar-refractivity contribution is 7.15. The molecule has 0 aliphatic rings. The maximum Gasteiger partial charge on any atom is 0.0345 e. The summed E-state index contributed by atoms with van der Waals surface area (Å²) in [6, 6.07) is 13.9. The van der Waals surface area contributed by atoms with Crippen molar-refractivity contribution in [1.82, 2.24) is 0 Å². The third kappa shape index (κ3) is 5.71. The summed E-state index contributed by atoms with van der Waals surface area (Å²) in [5.74, 6) is 0.652. The Labute approximate surface area is 159 Å². The standard InChI is InChI=1S/C24H36S/c1-6-8-9-10-17-24(4,5)23-16-15-22(25-23)21-14-11-13-20(18-21)19(3)12-7-2/h11,13-16,18-19H,6-10,12,17H2,1-5H3. The minimum absolute atomic E-state index is 0.295. The number of hydrogen-bond acceptors (Lipinski definition) is 1. The van der Waals surface area contributed by atoms with Gasteiger partial charge in [-0.25, -0.2) is 0 Å². The van der Waals surface area contributed by atoms with Crippen molar-refractivity contribution in [1.29, 1.82) is 0 Å². The van der Waals surface area contributed by atoms with E-state index in [2.05, 4.69) is 71.0 Å². The molecule has 0 bridgehead atoms. The number of rotatable bonds is 10. The third-order valence-corrected chi connectivity index (χ3v) is 6.89. The van der Waals surface area contributed by atoms with Gasteiger partial charge in [0.1, 0.15) is 0 Å². The number of benzene rings is 1. The van der Waals surface area contributed by atoms with Gasteiger partial charge in [-0.1, -0.05) is 91.0 Å². The van der Waals surface area contributed by atoms with Crippen LogP contribution in [-0.2, 0) is 5.41 Å². The SMILES string of the molecule is CCCCCCC(C)(C)c1ccc(-c2cccc(C(C)CCC)c2)s1. The first-order chi connectivity index (χ1) is 12.0. The summed E-state index contributed by atoms with van der Waals surface area (Å²) in [7, 11) is 0. The Balaban J connectivity index is 2.11. The molecule has 0 aliphatic heterocycles. The van der Waals surface area contributed by atoms with Crippen molar-refractivity contribution >= 4 is 11.3 Å². The maximum atomic E-state index is 2.41. The molecular formula is C24H36S. The molecule has 0 aliphatic carbocycles. The van der Waals surface area contributed by atoms with Crippen LogP contribution in [0.4, 0.5) is 0 Å². The number of unbranched alkanes of at least 4 members (excludes halogenated alkanes) is 3. The fourth-order valence-corrected chi connectivity index (χ4v) is 4.70. The van der Waals surface area contributed by atoms with Crippen LogP contribution in [0.1, 0.15) is 95.9 Å². The molecule has 138 valence electrons. The van der Waals surface area contributed by atoms with Gasteiger partial charge in [-0.15, -0.1) is 11.3 Å². The van der Waals surface area contributed by atoms with Crippen molar-refractivity contribution in [2.75, 3.05) is 0 Å². The topological polar surface area (TPSA) is 0 Å². The normalized spacial score (nSPS) is 13.2. The smallest absolute Gasteiger partial charge is 0.0345 e. The van der Waals surface area contributed by atoms with E-state index in [0.29, 0.717) is 11.3 Å². The van der Waals surface area contributed by atoms with Crippen LogP contribution in [0.2, 0.25) is 0 Å². The molecule has 0 radical (unpaired) electrons. The van der Waals surface area contributed by atoms with Crippen LogP contribution >= 0.6 is 11.3 Å². The predicted molar refractivity (Wildman–Crippen MR) is 115 cm³/mol. The second-order valence-electron chi connectivity index (χ2n) is 8.17. The second-order valence-corrected chi connectivity index (χ2v) is 9.26. The lowest BCUT2D eigenvalue weighted by atomic mass is 9.85. The van der Waals surface area contributed by atoms with Crippen molar-refractivity contribution in [2.24, 2.45) is 0 Å². The van der Waals surface area contributed by atoms with E-state index in [1.807, 2.05) is 11.3 Å². The molecule has 0 saturated heterocycles. The average Bonchev–Trinajstić information content (AvgIpc) is 3.10. The molecule has 0 saturated carbocycles. The summed E-state index contributed by atoms with van der Waals surface area (Å²) in [6.45, 7) is 11.7. The molecule has 0 amide bonds. The summed E-state index contributed by atoms with van der Waals surface area (Å²) in [5, 5.41) is 0. The van der Waals surface area contributed by atoms with Gasteiger partial charge in [-0.05, 0) is 47.4 Å². The van der Waals surface area contributed by atoms with Gasteiger partial charge < -0.3 is 0 Å². The van der Waals surface area contributed by atoms with E-state index in [1.54, 1.807) is 0 Å². The number of thiophene rings is 1. The first-order valence-electron chi connectivity index (χ1n) is 10.2. The summed E-state index contributed by atoms with van der Waals surface area (Å²) >= 11 is 1.99. The van der Waals surface area contributed by atoms with E-state index in [9.17, 15) is 0 Å². The quantitative estimate of drug-likeness (QED) is 0.374. The first-order valence-corrected chi connectivity index (χ1v) is 11.0. The summed E-state index contributed by atoms with van der Waals surface area (Å²) in [6.07, 6.45) is 9.21. The summed E-state index contributed by atoms with van der Waals surface area (Å²) in [4.78, 5) is 2.95. The molecule has 1 aromatic heterocycles. The number of hydrogen-bond donors (Lipinski definition) is 0.